The van der Waals surface area contributed by atoms with Gasteiger partial charge in [-0.15, -0.1) is 0 Å². The molecule has 8 aliphatic rings. The molecule has 2 bridgehead atoms. The molecule has 24 heteroatoms. The van der Waals surface area contributed by atoms with E-state index in [0.717, 1.165) is 50.4 Å². The van der Waals surface area contributed by atoms with Crippen LogP contribution in [-0.2, 0) is 49.8 Å². The van der Waals surface area contributed by atoms with Gasteiger partial charge in [-0.1, -0.05) is 106 Å². The fraction of sp³-hybridized carbons (Fsp3) is 0.422. The smallest absolute Gasteiger partial charge is 0.417 e. The van der Waals surface area contributed by atoms with Crippen molar-refractivity contribution in [2.75, 3.05) is 54.0 Å². The highest BCUT2D eigenvalue weighted by atomic mass is 19.4. The summed E-state index contributed by atoms with van der Waals surface area (Å²) < 4.78 is 80.7. The minimum Gasteiger partial charge on any atom is -0.456 e. The van der Waals surface area contributed by atoms with Crippen LogP contribution in [0.2, 0.25) is 0 Å². The molecule has 558 valence electrons. The maximum absolute atomic E-state index is 15.5. The molecule has 15 rings (SSSR count). The number of alkyl halides is 3. The zero-order valence-electron chi connectivity index (χ0n) is 60.1. The van der Waals surface area contributed by atoms with E-state index in [4.69, 9.17) is 28.1 Å². The Morgan fingerprint density at radius 1 is 0.729 bits per heavy atom. The van der Waals surface area contributed by atoms with Gasteiger partial charge in [-0.05, 0) is 111 Å². The van der Waals surface area contributed by atoms with Crippen LogP contribution in [0.5, 0.6) is 11.5 Å². The number of rotatable bonds is 20. The van der Waals surface area contributed by atoms with E-state index in [1.165, 1.54) is 30.0 Å². The summed E-state index contributed by atoms with van der Waals surface area (Å²) in [4.78, 5) is 120. The molecule has 21 nitrogen and oxygen atoms in total. The number of carbonyl (C=O) groups excluding carboxylic acids is 7. The summed E-state index contributed by atoms with van der Waals surface area (Å²) in [6.07, 6.45) is -5.42. The molecular formula is C83H84F3N5O16. The second kappa shape index (κ2) is 27.6. The van der Waals surface area contributed by atoms with Crippen molar-refractivity contribution in [1.29, 1.82) is 0 Å². The fourth-order valence-electron chi connectivity index (χ4n) is 18.0. The van der Waals surface area contributed by atoms with E-state index in [-0.39, 0.29) is 78.0 Å². The van der Waals surface area contributed by atoms with E-state index in [1.54, 1.807) is 107 Å². The number of hydrogen-bond acceptors (Lipinski definition) is 18. The van der Waals surface area contributed by atoms with Gasteiger partial charge in [-0.3, -0.25) is 28.9 Å². The Balaban J connectivity index is 0.623. The van der Waals surface area contributed by atoms with E-state index in [0.29, 0.717) is 89.5 Å². The van der Waals surface area contributed by atoms with Crippen molar-refractivity contribution in [3.63, 3.8) is 0 Å². The lowest BCUT2D eigenvalue weighted by atomic mass is 9.46. The number of nitrogens with one attached hydrogen (secondary N) is 2. The minimum atomic E-state index is -4.89. The number of esters is 3. The molecule has 2 unspecified atom stereocenters. The molecule has 1 aromatic heterocycles. The Labute approximate surface area is 615 Å². The number of halogens is 3. The molecule has 107 heavy (non-hydrogen) atoms. The van der Waals surface area contributed by atoms with Gasteiger partial charge in [0.05, 0.1) is 29.7 Å². The molecular weight excluding hydrogens is 1380 g/mol. The first kappa shape index (κ1) is 72.4. The molecule has 6 heterocycles. The van der Waals surface area contributed by atoms with Crippen LogP contribution in [0.4, 0.5) is 30.2 Å². The first-order valence-electron chi connectivity index (χ1n) is 36.8. The third-order valence-corrected chi connectivity index (χ3v) is 24.1. The van der Waals surface area contributed by atoms with Gasteiger partial charge in [0.25, 0.3) is 11.8 Å². The van der Waals surface area contributed by atoms with Crippen LogP contribution in [-0.4, -0.2) is 127 Å². The van der Waals surface area contributed by atoms with Crippen LogP contribution < -0.4 is 35.7 Å². The summed E-state index contributed by atoms with van der Waals surface area (Å²) in [7, 11) is 0. The van der Waals surface area contributed by atoms with E-state index < -0.39 is 117 Å². The molecule has 1 spiro atoms. The van der Waals surface area contributed by atoms with Gasteiger partial charge in [0.1, 0.15) is 52.3 Å². The lowest BCUT2D eigenvalue weighted by Crippen LogP contribution is -2.78. The highest BCUT2D eigenvalue weighted by Crippen LogP contribution is 2.65. The molecule has 5 aliphatic heterocycles. The first-order chi connectivity index (χ1) is 51.2. The number of ketones is 1. The maximum atomic E-state index is 15.5. The molecule has 7 aromatic rings. The number of carbonyl (C=O) groups is 7. The molecule has 3 saturated heterocycles. The van der Waals surface area contributed by atoms with Crippen LogP contribution in [0.15, 0.2) is 160 Å². The number of anilines is 3. The lowest BCUT2D eigenvalue weighted by molar-refractivity contribution is -0.331. The zero-order chi connectivity index (χ0) is 75.3. The van der Waals surface area contributed by atoms with E-state index in [9.17, 15) is 52.2 Å². The number of ether oxygens (including phenoxy) is 5. The van der Waals surface area contributed by atoms with Crippen LogP contribution >= 0.6 is 0 Å². The molecule has 2 saturated carbocycles. The van der Waals surface area contributed by atoms with Gasteiger partial charge in [0, 0.05) is 144 Å². The number of aliphatic hydroxyl groups is 2. The molecule has 5 fully saturated rings. The Bertz CT molecular complexity index is 4800. The summed E-state index contributed by atoms with van der Waals surface area (Å²) in [5.74, 6) is -4.53. The minimum absolute atomic E-state index is 0.0199. The molecule has 3 aliphatic carbocycles. The summed E-state index contributed by atoms with van der Waals surface area (Å²) in [6, 6.07) is 35.9. The van der Waals surface area contributed by atoms with Crippen molar-refractivity contribution >= 4 is 69.4 Å². The first-order valence-corrected chi connectivity index (χ1v) is 36.8. The Kier molecular flexibility index (Phi) is 18.6. The number of aliphatic hydroxyl groups excluding tert-OH is 1. The van der Waals surface area contributed by atoms with E-state index >= 15 is 9.59 Å². The fourth-order valence-corrected chi connectivity index (χ4v) is 18.0. The third kappa shape index (κ3) is 12.3. The quantitative estimate of drug-likeness (QED) is 0.0182. The molecule has 6 aromatic carbocycles. The largest absolute Gasteiger partial charge is 0.456 e. The number of Topliss-reactive ketones (excluding diaryl/α,β-unsaturated/α-hetero) is 1. The Hall–Kier alpha value is -10.2. The monoisotopic (exact) mass is 1460 g/mol. The van der Waals surface area contributed by atoms with Crippen molar-refractivity contribution in [1.82, 2.24) is 10.6 Å². The van der Waals surface area contributed by atoms with Crippen molar-refractivity contribution in [3.05, 3.63) is 206 Å². The molecule has 0 radical (unpaired) electrons. The molecule has 4 N–H and O–H groups in total. The van der Waals surface area contributed by atoms with Crippen LogP contribution in [0.1, 0.15) is 177 Å². The number of benzene rings is 6. The number of hydrogen-bond donors (Lipinski definition) is 4. The Morgan fingerprint density at radius 3 is 2.00 bits per heavy atom. The van der Waals surface area contributed by atoms with E-state index in [2.05, 4.69) is 20.4 Å². The maximum Gasteiger partial charge on any atom is 0.417 e. The summed E-state index contributed by atoms with van der Waals surface area (Å²) in [5, 5.41) is 31.4. The van der Waals surface area contributed by atoms with Gasteiger partial charge in [-0.2, -0.15) is 13.2 Å². The average molecular weight is 1460 g/mol. The highest BCUT2D eigenvalue weighted by Gasteiger charge is 2.75. The normalized spacial score (nSPS) is 24.8. The second-order valence-corrected chi connectivity index (χ2v) is 30.5. The predicted molar refractivity (Wildman–Crippen MR) is 387 cm³/mol. The van der Waals surface area contributed by atoms with Gasteiger partial charge in [0.15, 0.2) is 11.7 Å². The van der Waals surface area contributed by atoms with Crippen molar-refractivity contribution in [2.24, 2.45) is 16.7 Å². The van der Waals surface area contributed by atoms with Crippen molar-refractivity contribution < 1.29 is 85.0 Å². The Morgan fingerprint density at radius 2 is 1.37 bits per heavy atom. The standard InChI is InChI=1S/C83H84F3N5O16/c1-47-59-43-66(93)79(5)33-32-67-80(46-102-67,107-48(2)92)72(79)73(106-76(99)50-21-13-10-14-22-50)81(101,78(59,3)4)45-65(47)105-77(100)71(96)70(49-19-11-9-12-20-49)88-68(94)23-15-7-6-8-16-34-87-74(97)51-24-28-56-60(39-51)82(91(75(56)98)54-25-29-55-61(83(84,85)86)44-69(95)104-62(55)42-54)57-30-26-52(89-35-17-36-89)40-63(57)103-64-41-53(27-31-58(64)82)90-37-18-38-90/h9-14,19-22,24-31,39-42,44,65,67,70-73,96,101H,6-8,15-18,23,32-38,43,45-46H2,1-5H3,(H,87,97)(H,88,94)/t65-,67+,70-,71+,72?,73-,79-,80-,81?/m0/s1. The average Bonchev–Trinajstić information content (AvgIpc) is 1.68. The number of fused-ring (bicyclic) bond motifs is 12. The van der Waals surface area contributed by atoms with Crippen LogP contribution in [0, 0.1) is 16.7 Å². The van der Waals surface area contributed by atoms with Gasteiger partial charge in [-0.25, -0.2) is 14.4 Å². The highest BCUT2D eigenvalue weighted by molar-refractivity contribution is 6.15. The lowest BCUT2D eigenvalue weighted by Gasteiger charge is -2.66. The van der Waals surface area contributed by atoms with Gasteiger partial charge in [0.2, 0.25) is 5.91 Å². The second-order valence-electron chi connectivity index (χ2n) is 30.5. The molecule has 9 atom stereocenters. The zero-order valence-corrected chi connectivity index (χ0v) is 60.1. The molecule has 3 amide bonds. The van der Waals surface area contributed by atoms with Crippen LogP contribution in [0.25, 0.3) is 11.0 Å². The van der Waals surface area contributed by atoms with Gasteiger partial charge < -0.3 is 58.7 Å². The van der Waals surface area contributed by atoms with Crippen LogP contribution in [0.3, 0.4) is 0 Å². The summed E-state index contributed by atoms with van der Waals surface area (Å²) in [6.45, 7) is 11.6. The van der Waals surface area contributed by atoms with Crippen molar-refractivity contribution in [3.8, 4) is 11.5 Å². The third-order valence-electron chi connectivity index (χ3n) is 24.1. The number of unbranched alkanes of at least 4 members (excludes halogenated alkanes) is 4. The van der Waals surface area contributed by atoms with Gasteiger partial charge >= 0.3 is 29.7 Å². The summed E-state index contributed by atoms with van der Waals surface area (Å²) >= 11 is 0. The topological polar surface area (TPSA) is 270 Å². The number of nitrogens with zero attached hydrogens (tertiary/aromatic N) is 3. The summed E-state index contributed by atoms with van der Waals surface area (Å²) in [5.41, 5.74) is -5.29. The van der Waals surface area contributed by atoms with E-state index in [1.807, 2.05) is 36.4 Å². The SMILES string of the molecule is CC(=O)O[C@@]12CO[C@@H]1CC[C@@]1(C)C(=O)CC3=C(C)[C@@H](OC(=O)[C@H](O)[C@@H](NC(=O)CCCCCCCNC(=O)c4ccc5c(c4)C4(c6ccc(N7CCC7)cc6Oc6cc(N7CCC7)ccc64)N(c4ccc6c(C(F)(F)F)cc(=O)oc6c4)C5=O)c4ccccc4)CC(O)([C@@H](OC(=O)c4ccccc4)C12)C3(C)C. The van der Waals surface area contributed by atoms with Crippen molar-refractivity contribution in [2.45, 2.75) is 165 Å². The predicted octanol–water partition coefficient (Wildman–Crippen LogP) is 12.3. The number of amides is 3.